The first-order valence-corrected chi connectivity index (χ1v) is 5.91. The fourth-order valence-corrected chi connectivity index (χ4v) is 1.76. The zero-order valence-corrected chi connectivity index (χ0v) is 10.9. The third-order valence-corrected chi connectivity index (χ3v) is 2.64. The van der Waals surface area contributed by atoms with Crippen LogP contribution in [0.3, 0.4) is 0 Å². The molecular weight excluding hydrogens is 242 g/mol. The van der Waals surface area contributed by atoms with Crippen LogP contribution in [0.5, 0.6) is 11.5 Å². The fraction of sp³-hybridized carbons (Fsp3) is 0.200. The van der Waals surface area contributed by atoms with E-state index in [1.54, 1.807) is 25.3 Å². The maximum absolute atomic E-state index is 10.9. The zero-order chi connectivity index (χ0) is 13.7. The van der Waals surface area contributed by atoms with Gasteiger partial charge in [-0.3, -0.25) is 9.78 Å². The summed E-state index contributed by atoms with van der Waals surface area (Å²) >= 11 is 0. The van der Waals surface area contributed by atoms with E-state index in [2.05, 4.69) is 4.98 Å². The molecule has 0 aliphatic heterocycles. The number of pyridine rings is 1. The van der Waals surface area contributed by atoms with Crippen LogP contribution in [-0.2, 0) is 6.61 Å². The number of ether oxygens (including phenoxy) is 2. The minimum absolute atomic E-state index is 0.295. The molecule has 0 amide bonds. The van der Waals surface area contributed by atoms with Crippen molar-refractivity contribution in [2.45, 2.75) is 13.5 Å². The van der Waals surface area contributed by atoms with Gasteiger partial charge in [0.25, 0.3) is 0 Å². The van der Waals surface area contributed by atoms with Gasteiger partial charge in [-0.1, -0.05) is 12.1 Å². The van der Waals surface area contributed by atoms with Crippen molar-refractivity contribution in [1.29, 1.82) is 0 Å². The molecule has 0 atom stereocenters. The van der Waals surface area contributed by atoms with Gasteiger partial charge in [-0.2, -0.15) is 0 Å². The number of carbonyl (C=O) groups is 1. The Morgan fingerprint density at radius 3 is 2.79 bits per heavy atom. The second-order valence-corrected chi connectivity index (χ2v) is 4.08. The van der Waals surface area contributed by atoms with Crippen LogP contribution in [0.4, 0.5) is 0 Å². The van der Waals surface area contributed by atoms with Gasteiger partial charge in [0, 0.05) is 17.8 Å². The number of nitrogens with zero attached hydrogens (tertiary/aromatic N) is 1. The Hall–Kier alpha value is -2.36. The van der Waals surface area contributed by atoms with Gasteiger partial charge in [0.05, 0.1) is 18.4 Å². The Labute approximate surface area is 112 Å². The summed E-state index contributed by atoms with van der Waals surface area (Å²) in [6.07, 6.45) is 0.777. The maximum Gasteiger partial charge on any atom is 0.153 e. The third kappa shape index (κ3) is 3.31. The summed E-state index contributed by atoms with van der Waals surface area (Å²) in [6, 6.07) is 10.8. The highest BCUT2D eigenvalue weighted by molar-refractivity contribution is 5.79. The highest BCUT2D eigenvalue weighted by Crippen LogP contribution is 2.19. The monoisotopic (exact) mass is 257 g/mol. The molecule has 0 aliphatic rings. The normalized spacial score (nSPS) is 10.0. The Bertz CT molecular complexity index is 581. The Morgan fingerprint density at radius 2 is 2.05 bits per heavy atom. The molecule has 0 saturated carbocycles. The number of aldehydes is 1. The first-order valence-electron chi connectivity index (χ1n) is 5.91. The topological polar surface area (TPSA) is 48.4 Å². The van der Waals surface area contributed by atoms with Gasteiger partial charge in [0.2, 0.25) is 0 Å². The highest BCUT2D eigenvalue weighted by Gasteiger charge is 2.04. The Balaban J connectivity index is 2.14. The minimum Gasteiger partial charge on any atom is -0.497 e. The lowest BCUT2D eigenvalue weighted by Crippen LogP contribution is -2.02. The van der Waals surface area contributed by atoms with Gasteiger partial charge in [-0.15, -0.1) is 0 Å². The predicted molar refractivity (Wildman–Crippen MR) is 71.7 cm³/mol. The molecule has 98 valence electrons. The molecule has 0 unspecified atom stereocenters. The van der Waals surface area contributed by atoms with E-state index in [1.807, 2.05) is 25.1 Å². The Kier molecular flexibility index (Phi) is 4.13. The molecule has 4 heteroatoms. The zero-order valence-electron chi connectivity index (χ0n) is 10.9. The van der Waals surface area contributed by atoms with Gasteiger partial charge in [0.15, 0.2) is 6.29 Å². The number of carbonyl (C=O) groups excluding carboxylic acids is 1. The first-order chi connectivity index (χ1) is 9.22. The van der Waals surface area contributed by atoms with E-state index >= 15 is 0 Å². The minimum atomic E-state index is 0.295. The molecule has 0 aliphatic carbocycles. The van der Waals surface area contributed by atoms with E-state index < -0.39 is 0 Å². The van der Waals surface area contributed by atoms with Crippen LogP contribution in [0.25, 0.3) is 0 Å². The third-order valence-electron chi connectivity index (χ3n) is 2.64. The largest absolute Gasteiger partial charge is 0.497 e. The standard InChI is InChI=1S/C15H15NO3/c1-11-7-14(18-2)8-13(16-11)10-19-15-6-4-3-5-12(15)9-17/h3-9H,10H2,1-2H3. The quantitative estimate of drug-likeness (QED) is 0.773. The molecule has 0 bridgehead atoms. The van der Waals surface area contributed by atoms with Crippen LogP contribution < -0.4 is 9.47 Å². The van der Waals surface area contributed by atoms with Crippen LogP contribution in [0, 0.1) is 6.92 Å². The Morgan fingerprint density at radius 1 is 1.26 bits per heavy atom. The molecule has 2 aromatic rings. The van der Waals surface area contributed by atoms with Crippen molar-refractivity contribution < 1.29 is 14.3 Å². The number of aromatic nitrogens is 1. The van der Waals surface area contributed by atoms with E-state index in [0.717, 1.165) is 23.4 Å². The molecule has 0 radical (unpaired) electrons. The summed E-state index contributed by atoms with van der Waals surface area (Å²) in [5.74, 6) is 1.30. The van der Waals surface area contributed by atoms with Crippen LogP contribution in [-0.4, -0.2) is 18.4 Å². The lowest BCUT2D eigenvalue weighted by molar-refractivity contribution is 0.111. The predicted octanol–water partition coefficient (Wildman–Crippen LogP) is 2.79. The number of hydrogen-bond donors (Lipinski definition) is 0. The van der Waals surface area contributed by atoms with Crippen molar-refractivity contribution in [2.24, 2.45) is 0 Å². The summed E-state index contributed by atoms with van der Waals surface area (Å²) in [5, 5.41) is 0. The molecule has 0 saturated heterocycles. The first kappa shape index (κ1) is 13.1. The number of methoxy groups -OCH3 is 1. The molecule has 1 aromatic carbocycles. The lowest BCUT2D eigenvalue weighted by Gasteiger charge is -2.09. The van der Waals surface area contributed by atoms with Crippen molar-refractivity contribution in [1.82, 2.24) is 4.98 Å². The summed E-state index contributed by atoms with van der Waals surface area (Å²) in [7, 11) is 1.61. The van der Waals surface area contributed by atoms with E-state index in [0.29, 0.717) is 17.9 Å². The molecule has 0 N–H and O–H groups in total. The molecule has 0 fully saturated rings. The number of rotatable bonds is 5. The number of hydrogen-bond acceptors (Lipinski definition) is 4. The van der Waals surface area contributed by atoms with E-state index in [1.165, 1.54) is 0 Å². The molecule has 1 heterocycles. The second-order valence-electron chi connectivity index (χ2n) is 4.08. The molecule has 0 spiro atoms. The van der Waals surface area contributed by atoms with E-state index in [9.17, 15) is 4.79 Å². The van der Waals surface area contributed by atoms with Gasteiger partial charge < -0.3 is 9.47 Å². The van der Waals surface area contributed by atoms with Crippen molar-refractivity contribution in [2.75, 3.05) is 7.11 Å². The summed E-state index contributed by atoms with van der Waals surface area (Å²) in [4.78, 5) is 15.2. The van der Waals surface area contributed by atoms with Gasteiger partial charge in [-0.05, 0) is 19.1 Å². The average Bonchev–Trinajstić information content (AvgIpc) is 2.44. The summed E-state index contributed by atoms with van der Waals surface area (Å²) in [6.45, 7) is 2.19. The molecular formula is C15H15NO3. The molecule has 2 rings (SSSR count). The number of benzene rings is 1. The van der Waals surface area contributed by atoms with Crippen LogP contribution in [0.2, 0.25) is 0 Å². The van der Waals surface area contributed by atoms with Crippen molar-refractivity contribution in [3.63, 3.8) is 0 Å². The lowest BCUT2D eigenvalue weighted by atomic mass is 10.2. The van der Waals surface area contributed by atoms with Crippen LogP contribution >= 0.6 is 0 Å². The van der Waals surface area contributed by atoms with Crippen molar-refractivity contribution >= 4 is 6.29 Å². The maximum atomic E-state index is 10.9. The van der Waals surface area contributed by atoms with E-state index in [4.69, 9.17) is 9.47 Å². The van der Waals surface area contributed by atoms with Crippen LogP contribution in [0.15, 0.2) is 36.4 Å². The van der Waals surface area contributed by atoms with E-state index in [-0.39, 0.29) is 0 Å². The molecule has 1 aromatic heterocycles. The fourth-order valence-electron chi connectivity index (χ4n) is 1.76. The number of para-hydroxylation sites is 1. The van der Waals surface area contributed by atoms with Crippen LogP contribution in [0.1, 0.15) is 21.7 Å². The number of aryl methyl sites for hydroxylation is 1. The van der Waals surface area contributed by atoms with Gasteiger partial charge in [-0.25, -0.2) is 0 Å². The summed E-state index contributed by atoms with van der Waals surface area (Å²) < 4.78 is 10.8. The average molecular weight is 257 g/mol. The highest BCUT2D eigenvalue weighted by atomic mass is 16.5. The van der Waals surface area contributed by atoms with Crippen molar-refractivity contribution in [3.05, 3.63) is 53.3 Å². The second kappa shape index (κ2) is 6.00. The van der Waals surface area contributed by atoms with Gasteiger partial charge in [0.1, 0.15) is 18.1 Å². The molecule has 19 heavy (non-hydrogen) atoms. The summed E-state index contributed by atoms with van der Waals surface area (Å²) in [5.41, 5.74) is 2.15. The smallest absolute Gasteiger partial charge is 0.153 e. The SMILES string of the molecule is COc1cc(C)nc(COc2ccccc2C=O)c1. The van der Waals surface area contributed by atoms with Crippen molar-refractivity contribution in [3.8, 4) is 11.5 Å². The molecule has 4 nitrogen and oxygen atoms in total. The van der Waals surface area contributed by atoms with Gasteiger partial charge >= 0.3 is 0 Å².